The molecule has 4 nitrogen and oxygen atoms in total. The summed E-state index contributed by atoms with van der Waals surface area (Å²) in [6.45, 7) is 0. The van der Waals surface area contributed by atoms with E-state index in [0.29, 0.717) is 15.0 Å². The molecule has 0 spiro atoms. The molecule has 26 heavy (non-hydrogen) atoms. The number of benzene rings is 2. The van der Waals surface area contributed by atoms with Crippen LogP contribution >= 0.6 is 45.8 Å². The molecule has 0 saturated heterocycles. The van der Waals surface area contributed by atoms with Crippen LogP contribution in [0.2, 0.25) is 0 Å². The molecule has 0 radical (unpaired) electrons. The largest absolute Gasteiger partial charge is 0.307 e. The second-order valence-corrected chi connectivity index (χ2v) is 9.43. The Balaban J connectivity index is 1.58. The highest BCUT2D eigenvalue weighted by Gasteiger charge is 2.14. The third-order valence-electron chi connectivity index (χ3n) is 3.69. The molecule has 3 aromatic heterocycles. The number of aromatic nitrogens is 3. The van der Waals surface area contributed by atoms with Crippen LogP contribution in [-0.2, 0) is 0 Å². The molecule has 0 aliphatic heterocycles. The van der Waals surface area contributed by atoms with Crippen LogP contribution in [0.5, 0.6) is 0 Å². The Labute approximate surface area is 161 Å². The van der Waals surface area contributed by atoms with E-state index in [1.54, 1.807) is 23.1 Å². The maximum Gasteiger partial charge on any atom is 0.190 e. The number of anilines is 2. The summed E-state index contributed by atoms with van der Waals surface area (Å²) in [4.78, 5) is 13.4. The van der Waals surface area contributed by atoms with Gasteiger partial charge in [0.25, 0.3) is 0 Å². The molecule has 0 fully saturated rings. The van der Waals surface area contributed by atoms with Gasteiger partial charge >= 0.3 is 0 Å². The maximum absolute atomic E-state index is 13.8. The molecule has 0 unspecified atom stereocenters. The Morgan fingerprint density at radius 3 is 2.46 bits per heavy atom. The fraction of sp³-hybridized carbons (Fsp3) is 0.0625. The van der Waals surface area contributed by atoms with Crippen molar-refractivity contribution < 1.29 is 8.78 Å². The van der Waals surface area contributed by atoms with E-state index in [1.807, 2.05) is 18.4 Å². The van der Waals surface area contributed by atoms with Crippen LogP contribution in [0.15, 0.2) is 28.6 Å². The third kappa shape index (κ3) is 2.64. The van der Waals surface area contributed by atoms with E-state index >= 15 is 0 Å². The molecule has 0 aliphatic carbocycles. The number of nitrogens with zero attached hydrogens (tertiary/aromatic N) is 3. The zero-order valence-electron chi connectivity index (χ0n) is 13.0. The van der Waals surface area contributed by atoms with Crippen molar-refractivity contribution in [1.29, 1.82) is 0 Å². The van der Waals surface area contributed by atoms with Gasteiger partial charge in [0.15, 0.2) is 20.4 Å². The molecule has 0 amide bonds. The number of fused-ring (bicyclic) bond motifs is 4. The van der Waals surface area contributed by atoms with Gasteiger partial charge in [-0.05, 0) is 24.5 Å². The van der Waals surface area contributed by atoms with Gasteiger partial charge < -0.3 is 5.32 Å². The van der Waals surface area contributed by atoms with Gasteiger partial charge in [-0.3, -0.25) is 0 Å². The Bertz CT molecular complexity index is 1290. The van der Waals surface area contributed by atoms with Crippen molar-refractivity contribution in [2.24, 2.45) is 0 Å². The molecule has 5 rings (SSSR count). The molecule has 1 N–H and O–H groups in total. The zero-order chi connectivity index (χ0) is 17.8. The van der Waals surface area contributed by atoms with E-state index in [0.717, 1.165) is 30.8 Å². The minimum absolute atomic E-state index is 0.162. The number of thioether (sulfide) groups is 1. The lowest BCUT2D eigenvalue weighted by atomic mass is 10.3. The quantitative estimate of drug-likeness (QED) is 0.348. The summed E-state index contributed by atoms with van der Waals surface area (Å²) in [5.41, 5.74) is 1.99. The highest BCUT2D eigenvalue weighted by molar-refractivity contribution is 8.00. The molecular formula is C16H8F2N4S4. The van der Waals surface area contributed by atoms with Crippen molar-refractivity contribution in [3.05, 3.63) is 35.9 Å². The van der Waals surface area contributed by atoms with Gasteiger partial charge in [0, 0.05) is 6.07 Å². The van der Waals surface area contributed by atoms with Gasteiger partial charge in [-0.2, -0.15) is 0 Å². The number of nitrogens with one attached hydrogen (secondary N) is 1. The van der Waals surface area contributed by atoms with Gasteiger partial charge in [0.05, 0.1) is 25.1 Å². The zero-order valence-corrected chi connectivity index (χ0v) is 16.3. The van der Waals surface area contributed by atoms with Crippen LogP contribution in [0.4, 0.5) is 19.0 Å². The first kappa shape index (κ1) is 16.3. The van der Waals surface area contributed by atoms with Gasteiger partial charge in [-0.1, -0.05) is 34.4 Å². The third-order valence-corrected chi connectivity index (χ3v) is 7.82. The lowest BCUT2D eigenvalue weighted by Crippen LogP contribution is -1.87. The number of halogens is 2. The summed E-state index contributed by atoms with van der Waals surface area (Å²) in [5, 5.41) is 4.26. The minimum Gasteiger partial charge on any atom is -0.307 e. The van der Waals surface area contributed by atoms with Crippen molar-refractivity contribution in [2.75, 3.05) is 11.6 Å². The SMILES string of the molecule is CSc1nc2ccc3nc(Nc4nc5c(F)cc(F)cc5s4)sc3c2s1. The molecule has 2 aromatic carbocycles. The van der Waals surface area contributed by atoms with Crippen LogP contribution in [-0.4, -0.2) is 21.2 Å². The van der Waals surface area contributed by atoms with Crippen molar-refractivity contribution in [1.82, 2.24) is 15.0 Å². The lowest BCUT2D eigenvalue weighted by Gasteiger charge is -1.93. The van der Waals surface area contributed by atoms with Crippen LogP contribution in [0.25, 0.3) is 30.6 Å². The summed E-state index contributed by atoms with van der Waals surface area (Å²) in [7, 11) is 0. The average molecular weight is 423 g/mol. The molecular weight excluding hydrogens is 414 g/mol. The monoisotopic (exact) mass is 422 g/mol. The predicted molar refractivity (Wildman–Crippen MR) is 107 cm³/mol. The molecule has 130 valence electrons. The second kappa shape index (κ2) is 6.08. The number of hydrogen-bond acceptors (Lipinski definition) is 8. The van der Waals surface area contributed by atoms with Gasteiger partial charge in [-0.15, -0.1) is 11.3 Å². The fourth-order valence-corrected chi connectivity index (χ4v) is 6.22. The van der Waals surface area contributed by atoms with E-state index in [2.05, 4.69) is 20.3 Å². The van der Waals surface area contributed by atoms with Gasteiger partial charge in [0.2, 0.25) is 0 Å². The first-order valence-electron chi connectivity index (χ1n) is 7.37. The highest BCUT2D eigenvalue weighted by atomic mass is 32.2. The standard InChI is InChI=1S/C16H8F2N4S4/c1-23-16-20-9-3-2-8-12(13(9)26-16)25-14(19-8)22-15-21-11-7(18)4-6(17)5-10(11)24-15/h2-5H,1H3,(H,19,21,22). The van der Waals surface area contributed by atoms with Crippen LogP contribution < -0.4 is 5.32 Å². The van der Waals surface area contributed by atoms with Crippen molar-refractivity contribution in [3.8, 4) is 0 Å². The summed E-state index contributed by atoms with van der Waals surface area (Å²) >= 11 is 5.96. The van der Waals surface area contributed by atoms with E-state index < -0.39 is 11.6 Å². The molecule has 0 atom stereocenters. The normalized spacial score (nSPS) is 11.8. The topological polar surface area (TPSA) is 50.7 Å². The van der Waals surface area contributed by atoms with E-state index in [1.165, 1.54) is 28.7 Å². The summed E-state index contributed by atoms with van der Waals surface area (Å²) in [6, 6.07) is 6.03. The summed E-state index contributed by atoms with van der Waals surface area (Å²) < 4.78 is 30.8. The Morgan fingerprint density at radius 1 is 0.923 bits per heavy atom. The number of thiazole rings is 3. The van der Waals surface area contributed by atoms with E-state index in [4.69, 9.17) is 0 Å². The van der Waals surface area contributed by atoms with E-state index in [9.17, 15) is 8.78 Å². The molecule has 5 aromatic rings. The summed E-state index contributed by atoms with van der Waals surface area (Å²) in [6.07, 6.45) is 2.00. The molecule has 10 heteroatoms. The Morgan fingerprint density at radius 2 is 1.65 bits per heavy atom. The van der Waals surface area contributed by atoms with Crippen molar-refractivity contribution in [3.63, 3.8) is 0 Å². The predicted octanol–water partition coefficient (Wildman–Crippen LogP) is 6.26. The first-order valence-corrected chi connectivity index (χ1v) is 11.0. The smallest absolute Gasteiger partial charge is 0.190 e. The highest BCUT2D eigenvalue weighted by Crippen LogP contribution is 2.39. The van der Waals surface area contributed by atoms with Crippen molar-refractivity contribution >= 4 is 86.7 Å². The molecule has 0 bridgehead atoms. The number of hydrogen-bond donors (Lipinski definition) is 1. The maximum atomic E-state index is 13.8. The lowest BCUT2D eigenvalue weighted by molar-refractivity contribution is 0.591. The molecule has 0 saturated carbocycles. The number of rotatable bonds is 3. The second-order valence-electron chi connectivity index (χ2n) is 5.34. The molecule has 0 aliphatic rings. The summed E-state index contributed by atoms with van der Waals surface area (Å²) in [5.74, 6) is -1.27. The minimum atomic E-state index is -0.662. The first-order chi connectivity index (χ1) is 12.6. The van der Waals surface area contributed by atoms with Crippen LogP contribution in [0, 0.1) is 11.6 Å². The van der Waals surface area contributed by atoms with E-state index in [-0.39, 0.29) is 5.52 Å². The average Bonchev–Trinajstić information content (AvgIpc) is 3.29. The van der Waals surface area contributed by atoms with Crippen LogP contribution in [0.1, 0.15) is 0 Å². The fourth-order valence-electron chi connectivity index (χ4n) is 2.60. The van der Waals surface area contributed by atoms with Gasteiger partial charge in [-0.25, -0.2) is 23.7 Å². The van der Waals surface area contributed by atoms with Gasteiger partial charge in [0.1, 0.15) is 11.3 Å². The molecule has 3 heterocycles. The van der Waals surface area contributed by atoms with Crippen LogP contribution in [0.3, 0.4) is 0 Å². The Hall–Kier alpha value is -1.88. The van der Waals surface area contributed by atoms with Crippen molar-refractivity contribution in [2.45, 2.75) is 4.34 Å². The Kier molecular flexibility index (Phi) is 3.82.